The summed E-state index contributed by atoms with van der Waals surface area (Å²) in [6.07, 6.45) is 4.85. The van der Waals surface area contributed by atoms with Crippen molar-refractivity contribution in [1.29, 1.82) is 0 Å². The fourth-order valence-corrected chi connectivity index (χ4v) is 2.93. The van der Waals surface area contributed by atoms with Gasteiger partial charge < -0.3 is 19.7 Å². The summed E-state index contributed by atoms with van der Waals surface area (Å²) in [5.41, 5.74) is -0.618. The Morgan fingerprint density at radius 1 is 1.39 bits per heavy atom. The van der Waals surface area contributed by atoms with Crippen molar-refractivity contribution in [3.05, 3.63) is 18.5 Å². The van der Waals surface area contributed by atoms with E-state index in [1.807, 2.05) is 0 Å². The molecule has 2 heterocycles. The number of hydrogen-bond acceptors (Lipinski definition) is 6. The molecule has 8 nitrogen and oxygen atoms in total. The number of rotatable bonds is 7. The third-order valence-electron chi connectivity index (χ3n) is 3.95. The van der Waals surface area contributed by atoms with Crippen molar-refractivity contribution in [2.45, 2.75) is 24.8 Å². The first kappa shape index (κ1) is 17.1. The van der Waals surface area contributed by atoms with E-state index in [1.54, 1.807) is 37.5 Å². The van der Waals surface area contributed by atoms with Crippen molar-refractivity contribution in [2.24, 2.45) is 0 Å². The van der Waals surface area contributed by atoms with Gasteiger partial charge in [-0.05, 0) is 18.9 Å². The maximum Gasteiger partial charge on any atom is 0.316 e. The SMILES string of the molecule is CNC(=O)C[C@@]1(COC)CCCN1C(=O)COc1ncccn1. The highest BCUT2D eigenvalue weighted by molar-refractivity contribution is 5.82. The minimum atomic E-state index is -0.618. The lowest BCUT2D eigenvalue weighted by Crippen LogP contribution is -2.54. The Hall–Kier alpha value is -2.22. The van der Waals surface area contributed by atoms with Gasteiger partial charge in [0.15, 0.2) is 6.61 Å². The second-order valence-electron chi connectivity index (χ2n) is 5.48. The van der Waals surface area contributed by atoms with Gasteiger partial charge in [0, 0.05) is 33.1 Å². The van der Waals surface area contributed by atoms with Crippen LogP contribution in [0.15, 0.2) is 18.5 Å². The molecule has 2 amide bonds. The molecule has 2 rings (SSSR count). The van der Waals surface area contributed by atoms with Crippen LogP contribution in [0.1, 0.15) is 19.3 Å². The average molecular weight is 322 g/mol. The van der Waals surface area contributed by atoms with Crippen LogP contribution in [0.4, 0.5) is 0 Å². The van der Waals surface area contributed by atoms with E-state index in [0.29, 0.717) is 13.2 Å². The normalized spacial score (nSPS) is 20.3. The van der Waals surface area contributed by atoms with Gasteiger partial charge in [-0.2, -0.15) is 0 Å². The molecular weight excluding hydrogens is 300 g/mol. The minimum absolute atomic E-state index is 0.117. The van der Waals surface area contributed by atoms with Crippen LogP contribution in [0, 0.1) is 0 Å². The van der Waals surface area contributed by atoms with Crippen LogP contribution < -0.4 is 10.1 Å². The first-order valence-corrected chi connectivity index (χ1v) is 7.51. The van der Waals surface area contributed by atoms with Crippen LogP contribution >= 0.6 is 0 Å². The number of methoxy groups -OCH3 is 1. The van der Waals surface area contributed by atoms with E-state index in [9.17, 15) is 9.59 Å². The quantitative estimate of drug-likeness (QED) is 0.759. The van der Waals surface area contributed by atoms with Crippen LogP contribution in [0.3, 0.4) is 0 Å². The van der Waals surface area contributed by atoms with Crippen molar-refractivity contribution < 1.29 is 19.1 Å². The summed E-state index contributed by atoms with van der Waals surface area (Å²) < 4.78 is 10.6. The number of amides is 2. The fourth-order valence-electron chi connectivity index (χ4n) is 2.93. The van der Waals surface area contributed by atoms with E-state index in [0.717, 1.165) is 12.8 Å². The second kappa shape index (κ2) is 7.87. The maximum atomic E-state index is 12.5. The minimum Gasteiger partial charge on any atom is -0.453 e. The van der Waals surface area contributed by atoms with Gasteiger partial charge in [0.25, 0.3) is 5.91 Å². The predicted octanol–water partition coefficient (Wildman–Crippen LogP) is -0.000900. The summed E-state index contributed by atoms with van der Waals surface area (Å²) in [5.74, 6) is -0.315. The van der Waals surface area contributed by atoms with Crippen molar-refractivity contribution in [1.82, 2.24) is 20.2 Å². The van der Waals surface area contributed by atoms with Gasteiger partial charge in [-0.1, -0.05) is 0 Å². The molecule has 0 spiro atoms. The van der Waals surface area contributed by atoms with E-state index < -0.39 is 5.54 Å². The standard InChI is InChI=1S/C15H22N4O4/c1-16-12(20)9-15(11-22-2)5-3-8-19(15)13(21)10-23-14-17-6-4-7-18-14/h4,6-7H,3,5,8-11H2,1-2H3,(H,16,20)/t15-/m1/s1. The van der Waals surface area contributed by atoms with Crippen LogP contribution in [-0.2, 0) is 14.3 Å². The summed E-state index contributed by atoms with van der Waals surface area (Å²) in [7, 11) is 3.15. The Balaban J connectivity index is 2.05. The molecule has 0 bridgehead atoms. The summed E-state index contributed by atoms with van der Waals surface area (Å²) in [5, 5.41) is 2.61. The van der Waals surface area contributed by atoms with Gasteiger partial charge >= 0.3 is 6.01 Å². The zero-order chi connectivity index (χ0) is 16.7. The number of nitrogens with one attached hydrogen (secondary N) is 1. The molecule has 0 radical (unpaired) electrons. The van der Waals surface area contributed by atoms with Crippen molar-refractivity contribution >= 4 is 11.8 Å². The Bertz CT molecular complexity index is 540. The molecule has 8 heteroatoms. The lowest BCUT2D eigenvalue weighted by molar-refractivity contribution is -0.141. The molecular formula is C15H22N4O4. The third kappa shape index (κ3) is 4.16. The van der Waals surface area contributed by atoms with E-state index >= 15 is 0 Å². The van der Waals surface area contributed by atoms with Crippen LogP contribution in [-0.4, -0.2) is 66.1 Å². The molecule has 1 aromatic rings. The Kier molecular flexibility index (Phi) is 5.86. The van der Waals surface area contributed by atoms with Crippen LogP contribution in [0.5, 0.6) is 6.01 Å². The molecule has 1 aliphatic rings. The fraction of sp³-hybridized carbons (Fsp3) is 0.600. The molecule has 1 atom stereocenters. The predicted molar refractivity (Wildman–Crippen MR) is 81.8 cm³/mol. The number of hydrogen-bond donors (Lipinski definition) is 1. The van der Waals surface area contributed by atoms with E-state index in [-0.39, 0.29) is 30.9 Å². The van der Waals surface area contributed by atoms with Gasteiger partial charge in [-0.3, -0.25) is 9.59 Å². The summed E-state index contributed by atoms with van der Waals surface area (Å²) in [6.45, 7) is 0.732. The van der Waals surface area contributed by atoms with Crippen LogP contribution in [0.2, 0.25) is 0 Å². The third-order valence-corrected chi connectivity index (χ3v) is 3.95. The molecule has 0 aliphatic carbocycles. The van der Waals surface area contributed by atoms with Gasteiger partial charge in [0.2, 0.25) is 5.91 Å². The molecule has 1 N–H and O–H groups in total. The highest BCUT2D eigenvalue weighted by Crippen LogP contribution is 2.33. The summed E-state index contributed by atoms with van der Waals surface area (Å²) in [4.78, 5) is 33.9. The zero-order valence-electron chi connectivity index (χ0n) is 13.4. The Labute approximate surface area is 135 Å². The summed E-state index contributed by atoms with van der Waals surface area (Å²) in [6, 6.07) is 1.82. The van der Waals surface area contributed by atoms with Gasteiger partial charge in [-0.25, -0.2) is 9.97 Å². The molecule has 126 valence electrons. The van der Waals surface area contributed by atoms with Crippen molar-refractivity contribution in [3.8, 4) is 6.01 Å². The monoisotopic (exact) mass is 322 g/mol. The largest absolute Gasteiger partial charge is 0.453 e. The molecule has 1 aliphatic heterocycles. The highest BCUT2D eigenvalue weighted by atomic mass is 16.5. The second-order valence-corrected chi connectivity index (χ2v) is 5.48. The summed E-state index contributed by atoms with van der Waals surface area (Å²) >= 11 is 0. The van der Waals surface area contributed by atoms with Crippen molar-refractivity contribution in [3.63, 3.8) is 0 Å². The number of carbonyl (C=O) groups excluding carboxylic acids is 2. The van der Waals surface area contributed by atoms with Gasteiger partial charge in [0.05, 0.1) is 18.6 Å². The van der Waals surface area contributed by atoms with E-state index in [4.69, 9.17) is 9.47 Å². The molecule has 1 saturated heterocycles. The van der Waals surface area contributed by atoms with E-state index in [2.05, 4.69) is 15.3 Å². The first-order valence-electron chi connectivity index (χ1n) is 7.51. The molecule has 1 aromatic heterocycles. The molecule has 23 heavy (non-hydrogen) atoms. The smallest absolute Gasteiger partial charge is 0.316 e. The zero-order valence-corrected chi connectivity index (χ0v) is 13.4. The molecule has 0 saturated carbocycles. The van der Waals surface area contributed by atoms with Gasteiger partial charge in [0.1, 0.15) is 0 Å². The maximum absolute atomic E-state index is 12.5. The van der Waals surface area contributed by atoms with Crippen LogP contribution in [0.25, 0.3) is 0 Å². The number of likely N-dealkylation sites (tertiary alicyclic amines) is 1. The Morgan fingerprint density at radius 3 is 2.78 bits per heavy atom. The molecule has 0 unspecified atom stereocenters. The lowest BCUT2D eigenvalue weighted by Gasteiger charge is -2.37. The number of carbonyl (C=O) groups is 2. The Morgan fingerprint density at radius 2 is 2.13 bits per heavy atom. The van der Waals surface area contributed by atoms with Crippen molar-refractivity contribution in [2.75, 3.05) is 33.9 Å². The van der Waals surface area contributed by atoms with E-state index in [1.165, 1.54) is 0 Å². The average Bonchev–Trinajstić information content (AvgIpc) is 2.97. The van der Waals surface area contributed by atoms with Gasteiger partial charge in [-0.15, -0.1) is 0 Å². The molecule has 0 aromatic carbocycles. The number of aromatic nitrogens is 2. The highest BCUT2D eigenvalue weighted by Gasteiger charge is 2.45. The lowest BCUT2D eigenvalue weighted by atomic mass is 9.92. The first-order chi connectivity index (χ1) is 11.1. The topological polar surface area (TPSA) is 93.7 Å². The molecule has 1 fully saturated rings. The number of nitrogens with zero attached hydrogens (tertiary/aromatic N) is 3. The number of ether oxygens (including phenoxy) is 2.